The lowest BCUT2D eigenvalue weighted by Gasteiger charge is -2.21. The molecular weight excluding hydrogens is 306 g/mol. The monoisotopic (exact) mass is 345 g/mol. The summed E-state index contributed by atoms with van der Waals surface area (Å²) >= 11 is 0. The molecule has 2 fully saturated rings. The average Bonchev–Trinajstić information content (AvgIpc) is 2.56. The van der Waals surface area contributed by atoms with Crippen LogP contribution in [-0.2, 0) is 14.3 Å². The molecule has 0 saturated heterocycles. The normalized spacial score (nSPS) is 19.1. The zero-order chi connectivity index (χ0) is 17.1. The number of carbonyl (C=O) groups excluding carboxylic acids is 2. The van der Waals surface area contributed by atoms with E-state index < -0.39 is 0 Å². The van der Waals surface area contributed by atoms with Gasteiger partial charge in [-0.25, -0.2) is 0 Å². The van der Waals surface area contributed by atoms with E-state index in [9.17, 15) is 9.59 Å². The highest BCUT2D eigenvalue weighted by Crippen LogP contribution is 2.26. The van der Waals surface area contributed by atoms with E-state index in [0.29, 0.717) is 30.8 Å². The summed E-state index contributed by atoms with van der Waals surface area (Å²) in [5.74, 6) is 0.873. The third-order valence-corrected chi connectivity index (χ3v) is 4.83. The molecule has 0 bridgehead atoms. The second-order valence-electron chi connectivity index (χ2n) is 7.24. The number of carbonyl (C=O) groups is 2. The van der Waals surface area contributed by atoms with E-state index >= 15 is 0 Å². The molecule has 0 aliphatic heterocycles. The number of nitrogens with two attached hydrogens (primary N) is 1. The molecule has 2 aliphatic carbocycles. The maximum atomic E-state index is 11.5. The van der Waals surface area contributed by atoms with E-state index in [1.807, 2.05) is 13.8 Å². The summed E-state index contributed by atoms with van der Waals surface area (Å²) < 4.78 is 5.49. The lowest BCUT2D eigenvalue weighted by molar-refractivity contribution is -0.126. The first-order chi connectivity index (χ1) is 11.0. The molecule has 0 aromatic carbocycles. The highest BCUT2D eigenvalue weighted by Gasteiger charge is 2.22. The maximum Gasteiger partial charge on any atom is 0.219 e. The lowest BCUT2D eigenvalue weighted by atomic mass is 9.83. The molecule has 5 heteroatoms. The van der Waals surface area contributed by atoms with Crippen LogP contribution >= 0.6 is 0 Å². The molecule has 144 valence electrons. The van der Waals surface area contributed by atoms with Gasteiger partial charge in [0.1, 0.15) is 5.78 Å². The van der Waals surface area contributed by atoms with Crippen molar-refractivity contribution in [3.63, 3.8) is 0 Å². The van der Waals surface area contributed by atoms with Gasteiger partial charge in [-0.1, -0.05) is 52.4 Å². The van der Waals surface area contributed by atoms with Crippen LogP contribution < -0.4 is 5.73 Å². The minimum absolute atomic E-state index is 0. The fourth-order valence-electron chi connectivity index (χ4n) is 3.42. The SMILES string of the molecule is CC(C)C(=O)C1CCCCC1.NC(=O)CCOC1CCCCC1.O.[HH]. The summed E-state index contributed by atoms with van der Waals surface area (Å²) in [6.45, 7) is 4.52. The van der Waals surface area contributed by atoms with Gasteiger partial charge in [0.05, 0.1) is 12.7 Å². The van der Waals surface area contributed by atoms with Crippen molar-refractivity contribution in [2.24, 2.45) is 17.6 Å². The average molecular weight is 346 g/mol. The van der Waals surface area contributed by atoms with Gasteiger partial charge in [0, 0.05) is 19.7 Å². The molecule has 1 amide bonds. The molecule has 0 heterocycles. The van der Waals surface area contributed by atoms with E-state index in [1.165, 1.54) is 38.5 Å². The predicted octanol–water partition coefficient (Wildman–Crippen LogP) is 3.42. The number of ketones is 1. The fourth-order valence-corrected chi connectivity index (χ4v) is 3.42. The zero-order valence-electron chi connectivity index (χ0n) is 15.5. The Balaban J connectivity index is 0. The van der Waals surface area contributed by atoms with Gasteiger partial charge in [-0.2, -0.15) is 0 Å². The second-order valence-corrected chi connectivity index (χ2v) is 7.24. The highest BCUT2D eigenvalue weighted by atomic mass is 16.5. The van der Waals surface area contributed by atoms with E-state index in [1.54, 1.807) is 0 Å². The van der Waals surface area contributed by atoms with Crippen LogP contribution in [0.2, 0.25) is 0 Å². The van der Waals surface area contributed by atoms with Crippen molar-refractivity contribution in [1.29, 1.82) is 0 Å². The van der Waals surface area contributed by atoms with Gasteiger partial charge < -0.3 is 15.9 Å². The van der Waals surface area contributed by atoms with Crippen LogP contribution in [0.25, 0.3) is 0 Å². The predicted molar refractivity (Wildman–Crippen MR) is 98.8 cm³/mol. The van der Waals surface area contributed by atoms with Crippen LogP contribution in [0.1, 0.15) is 85.9 Å². The summed E-state index contributed by atoms with van der Waals surface area (Å²) in [6.07, 6.45) is 13.1. The number of hydrogen-bond donors (Lipinski definition) is 1. The van der Waals surface area contributed by atoms with Crippen molar-refractivity contribution in [3.05, 3.63) is 0 Å². The molecule has 0 spiro atoms. The van der Waals surface area contributed by atoms with E-state index in [4.69, 9.17) is 10.5 Å². The van der Waals surface area contributed by atoms with Gasteiger partial charge in [-0.05, 0) is 25.7 Å². The maximum absolute atomic E-state index is 11.5. The number of rotatable bonds is 6. The Morgan fingerprint density at radius 2 is 1.50 bits per heavy atom. The minimum atomic E-state index is -0.272. The van der Waals surface area contributed by atoms with E-state index in [2.05, 4.69) is 0 Å². The van der Waals surface area contributed by atoms with Crippen LogP contribution in [-0.4, -0.2) is 29.9 Å². The molecule has 24 heavy (non-hydrogen) atoms. The molecule has 0 radical (unpaired) electrons. The molecule has 0 atom stereocenters. The second kappa shape index (κ2) is 13.4. The zero-order valence-corrected chi connectivity index (χ0v) is 15.5. The number of amides is 1. The molecule has 0 aromatic rings. The van der Waals surface area contributed by atoms with Gasteiger partial charge in [0.15, 0.2) is 0 Å². The Labute approximate surface area is 148 Å². The quantitative estimate of drug-likeness (QED) is 0.798. The van der Waals surface area contributed by atoms with Crippen LogP contribution in [0.5, 0.6) is 0 Å². The Kier molecular flexibility index (Phi) is 12.8. The smallest absolute Gasteiger partial charge is 0.219 e. The summed E-state index contributed by atoms with van der Waals surface area (Å²) in [4.78, 5) is 21.9. The molecule has 5 nitrogen and oxygen atoms in total. The first-order valence-corrected chi connectivity index (χ1v) is 9.44. The van der Waals surface area contributed by atoms with E-state index in [-0.39, 0.29) is 18.7 Å². The molecule has 0 aromatic heterocycles. The van der Waals surface area contributed by atoms with Crippen molar-refractivity contribution in [2.75, 3.05) is 6.61 Å². The van der Waals surface area contributed by atoms with Crippen molar-refractivity contribution in [1.82, 2.24) is 0 Å². The van der Waals surface area contributed by atoms with Crippen molar-refractivity contribution in [3.8, 4) is 0 Å². The van der Waals surface area contributed by atoms with Crippen LogP contribution in [0.15, 0.2) is 0 Å². The first-order valence-electron chi connectivity index (χ1n) is 9.44. The topological polar surface area (TPSA) is 101 Å². The van der Waals surface area contributed by atoms with Gasteiger partial charge in [0.25, 0.3) is 0 Å². The van der Waals surface area contributed by atoms with Gasteiger partial charge >= 0.3 is 0 Å². The van der Waals surface area contributed by atoms with E-state index in [0.717, 1.165) is 25.7 Å². The summed E-state index contributed by atoms with van der Waals surface area (Å²) in [5, 5.41) is 0. The van der Waals surface area contributed by atoms with Crippen molar-refractivity contribution in [2.45, 2.75) is 90.6 Å². The third kappa shape index (κ3) is 10.0. The van der Waals surface area contributed by atoms with Crippen molar-refractivity contribution >= 4 is 11.7 Å². The molecule has 2 aliphatic rings. The minimum Gasteiger partial charge on any atom is -0.412 e. The number of Topliss-reactive ketones (excluding diaryl/α,β-unsaturated/α-hetero) is 1. The summed E-state index contributed by atoms with van der Waals surface area (Å²) in [7, 11) is 0. The fraction of sp³-hybridized carbons (Fsp3) is 0.895. The molecule has 2 rings (SSSR count). The number of primary amides is 1. The first kappa shape index (κ1) is 23.1. The van der Waals surface area contributed by atoms with Crippen LogP contribution in [0.3, 0.4) is 0 Å². The van der Waals surface area contributed by atoms with Crippen LogP contribution in [0.4, 0.5) is 0 Å². The van der Waals surface area contributed by atoms with Crippen LogP contribution in [0, 0.1) is 11.8 Å². The third-order valence-electron chi connectivity index (χ3n) is 4.83. The number of ether oxygens (including phenoxy) is 1. The number of hydrogen-bond acceptors (Lipinski definition) is 3. The Morgan fingerprint density at radius 1 is 1.00 bits per heavy atom. The largest absolute Gasteiger partial charge is 0.412 e. The Hall–Kier alpha value is -0.940. The Bertz CT molecular complexity index is 351. The van der Waals surface area contributed by atoms with Gasteiger partial charge in [-0.3, -0.25) is 9.59 Å². The molecule has 2 saturated carbocycles. The summed E-state index contributed by atoms with van der Waals surface area (Å²) in [5.41, 5.74) is 4.99. The molecule has 4 N–H and O–H groups in total. The Morgan fingerprint density at radius 3 is 1.96 bits per heavy atom. The molecule has 0 unspecified atom stereocenters. The lowest BCUT2D eigenvalue weighted by Crippen LogP contribution is -2.21. The van der Waals surface area contributed by atoms with Crippen molar-refractivity contribution < 1.29 is 21.2 Å². The van der Waals surface area contributed by atoms with Gasteiger partial charge in [0.2, 0.25) is 5.91 Å². The molecular formula is C19H39NO4. The standard InChI is InChI=1S/C10H18O.C9H17NO2.H2O.H2/c1-8(2)10(11)9-6-4-3-5-7-9;10-9(11)6-7-12-8-4-2-1-3-5-8;;/h8-9H,3-7H2,1-2H3;8H,1-7H2,(H2,10,11);1H2;1H. The highest BCUT2D eigenvalue weighted by molar-refractivity contribution is 5.82. The van der Waals surface area contributed by atoms with Gasteiger partial charge in [-0.15, -0.1) is 0 Å². The summed E-state index contributed by atoms with van der Waals surface area (Å²) in [6, 6.07) is 0.